The van der Waals surface area contributed by atoms with Crippen LogP contribution in [-0.4, -0.2) is 25.2 Å². The number of carbonyl (C=O) groups excluding carboxylic acids is 1. The number of hydrogen-bond donors (Lipinski definition) is 1. The summed E-state index contributed by atoms with van der Waals surface area (Å²) in [5.74, 6) is 1.59. The van der Waals surface area contributed by atoms with E-state index in [1.54, 1.807) is 0 Å². The minimum Gasteiger partial charge on any atom is -0.490 e. The number of benzene rings is 2. The van der Waals surface area contributed by atoms with Gasteiger partial charge in [-0.1, -0.05) is 45.0 Å². The lowest BCUT2D eigenvalue weighted by atomic mass is 9.72. The number of nitrogens with one attached hydrogen (secondary N) is 1. The Kier molecular flexibility index (Phi) is 8.62. The zero-order valence-electron chi connectivity index (χ0n) is 19.3. The highest BCUT2D eigenvalue weighted by Crippen LogP contribution is 2.40. The molecule has 0 aromatic heterocycles. The first-order chi connectivity index (χ1) is 14.8. The highest BCUT2D eigenvalue weighted by Gasteiger charge is 2.30. The molecule has 2 aromatic carbocycles. The first-order valence-corrected chi connectivity index (χ1v) is 12.6. The average molecular weight is 537 g/mol. The molecule has 5 heteroatoms. The molecule has 2 aromatic rings. The molecule has 0 unspecified atom stereocenters. The summed E-state index contributed by atoms with van der Waals surface area (Å²) in [4.78, 5) is 11.7. The van der Waals surface area contributed by atoms with Crippen LogP contribution in [-0.2, 0) is 16.1 Å². The van der Waals surface area contributed by atoms with Crippen molar-refractivity contribution in [1.29, 1.82) is 0 Å². The molecule has 0 saturated heterocycles. The van der Waals surface area contributed by atoms with Gasteiger partial charge in [-0.25, -0.2) is 0 Å². The molecule has 4 nitrogen and oxygen atoms in total. The lowest BCUT2D eigenvalue weighted by Gasteiger charge is -2.37. The van der Waals surface area contributed by atoms with Gasteiger partial charge in [-0.3, -0.25) is 4.79 Å². The maximum Gasteiger partial charge on any atom is 0.307 e. The SMILES string of the molecule is CCOC(=O)CCNCc1c(O[C@H]2CC[C@H](C(C)(C)C)CC2)cc(I)c2ccccc12. The minimum atomic E-state index is -0.158. The normalized spacial score (nSPS) is 19.4. The summed E-state index contributed by atoms with van der Waals surface area (Å²) in [5.41, 5.74) is 1.55. The Hall–Kier alpha value is -1.34. The largest absolute Gasteiger partial charge is 0.490 e. The molecule has 1 aliphatic carbocycles. The van der Waals surface area contributed by atoms with Gasteiger partial charge in [0.2, 0.25) is 0 Å². The second-order valence-corrected chi connectivity index (χ2v) is 10.7. The van der Waals surface area contributed by atoms with Crippen LogP contribution in [0, 0.1) is 14.9 Å². The zero-order chi connectivity index (χ0) is 22.4. The Bertz CT molecular complexity index is 882. The average Bonchev–Trinajstić information content (AvgIpc) is 2.73. The van der Waals surface area contributed by atoms with Crippen molar-refractivity contribution in [3.63, 3.8) is 0 Å². The second kappa shape index (κ2) is 11.0. The quantitative estimate of drug-likeness (QED) is 0.238. The first-order valence-electron chi connectivity index (χ1n) is 11.5. The molecule has 1 saturated carbocycles. The van der Waals surface area contributed by atoms with E-state index >= 15 is 0 Å². The minimum absolute atomic E-state index is 0.158. The zero-order valence-corrected chi connectivity index (χ0v) is 21.5. The van der Waals surface area contributed by atoms with Crippen molar-refractivity contribution >= 4 is 39.3 Å². The van der Waals surface area contributed by atoms with E-state index in [0.29, 0.717) is 31.5 Å². The van der Waals surface area contributed by atoms with Gasteiger partial charge in [-0.05, 0) is 83.4 Å². The van der Waals surface area contributed by atoms with Crippen molar-refractivity contribution in [3.05, 3.63) is 39.5 Å². The van der Waals surface area contributed by atoms with Crippen LogP contribution in [0.4, 0.5) is 0 Å². The number of carbonyl (C=O) groups is 1. The third-order valence-corrected chi connectivity index (χ3v) is 7.26. The van der Waals surface area contributed by atoms with Crippen LogP contribution in [0.25, 0.3) is 10.8 Å². The molecule has 0 amide bonds. The summed E-state index contributed by atoms with van der Waals surface area (Å²) in [7, 11) is 0. The number of hydrogen-bond acceptors (Lipinski definition) is 4. The fraction of sp³-hybridized carbons (Fsp3) is 0.577. The van der Waals surface area contributed by atoms with Crippen molar-refractivity contribution < 1.29 is 14.3 Å². The Morgan fingerprint density at radius 1 is 1.13 bits per heavy atom. The number of halogens is 1. The van der Waals surface area contributed by atoms with E-state index in [0.717, 1.165) is 24.5 Å². The second-order valence-electron chi connectivity index (χ2n) is 9.57. The van der Waals surface area contributed by atoms with Crippen LogP contribution in [0.15, 0.2) is 30.3 Å². The standard InChI is InChI=1S/C26H36INO3/c1-5-30-25(29)14-15-28-17-22-20-8-6-7-9-21(20)23(27)16-24(22)31-19-12-10-18(11-13-19)26(2,3)4/h6-9,16,18-19,28H,5,10-15,17H2,1-4H3/t18-,19-. The highest BCUT2D eigenvalue weighted by atomic mass is 127. The van der Waals surface area contributed by atoms with Crippen molar-refractivity contribution in [3.8, 4) is 5.75 Å². The smallest absolute Gasteiger partial charge is 0.307 e. The van der Waals surface area contributed by atoms with Gasteiger partial charge in [0.1, 0.15) is 5.75 Å². The summed E-state index contributed by atoms with van der Waals surface area (Å²) in [6, 6.07) is 10.7. The summed E-state index contributed by atoms with van der Waals surface area (Å²) >= 11 is 2.41. The molecular formula is C26H36INO3. The molecule has 0 radical (unpaired) electrons. The molecule has 0 atom stereocenters. The third kappa shape index (κ3) is 6.58. The van der Waals surface area contributed by atoms with Crippen LogP contribution < -0.4 is 10.1 Å². The summed E-state index contributed by atoms with van der Waals surface area (Å²) in [5, 5.41) is 5.89. The number of rotatable bonds is 8. The molecule has 0 heterocycles. The summed E-state index contributed by atoms with van der Waals surface area (Å²) in [6.45, 7) is 10.6. The molecule has 0 spiro atoms. The van der Waals surface area contributed by atoms with Gasteiger partial charge in [0, 0.05) is 22.2 Å². The fourth-order valence-corrected chi connectivity index (χ4v) is 5.27. The highest BCUT2D eigenvalue weighted by molar-refractivity contribution is 14.1. The van der Waals surface area contributed by atoms with Crippen LogP contribution in [0.5, 0.6) is 5.75 Å². The molecule has 1 aliphatic rings. The van der Waals surface area contributed by atoms with Crippen LogP contribution in [0.1, 0.15) is 65.4 Å². The lowest BCUT2D eigenvalue weighted by Crippen LogP contribution is -2.31. The van der Waals surface area contributed by atoms with Gasteiger partial charge in [0.05, 0.1) is 19.1 Å². The van der Waals surface area contributed by atoms with E-state index in [2.05, 4.69) is 79.0 Å². The van der Waals surface area contributed by atoms with E-state index in [-0.39, 0.29) is 12.1 Å². The lowest BCUT2D eigenvalue weighted by molar-refractivity contribution is -0.142. The van der Waals surface area contributed by atoms with E-state index in [1.807, 2.05) is 6.92 Å². The molecule has 3 rings (SSSR count). The number of fused-ring (bicyclic) bond motifs is 1. The molecular weight excluding hydrogens is 501 g/mol. The molecule has 0 bridgehead atoms. The maximum atomic E-state index is 11.7. The van der Waals surface area contributed by atoms with Gasteiger partial charge in [-0.2, -0.15) is 0 Å². The molecule has 0 aliphatic heterocycles. The van der Waals surface area contributed by atoms with Crippen molar-refractivity contribution in [2.24, 2.45) is 11.3 Å². The maximum absolute atomic E-state index is 11.7. The monoisotopic (exact) mass is 537 g/mol. The van der Waals surface area contributed by atoms with Crippen molar-refractivity contribution in [2.45, 2.75) is 72.4 Å². The van der Waals surface area contributed by atoms with Crippen LogP contribution >= 0.6 is 22.6 Å². The Morgan fingerprint density at radius 2 is 1.81 bits per heavy atom. The van der Waals surface area contributed by atoms with Gasteiger partial charge < -0.3 is 14.8 Å². The van der Waals surface area contributed by atoms with Gasteiger partial charge in [-0.15, -0.1) is 0 Å². The summed E-state index contributed by atoms with van der Waals surface area (Å²) < 4.78 is 12.9. The Labute approximate surface area is 200 Å². The van der Waals surface area contributed by atoms with E-state index in [9.17, 15) is 4.79 Å². The van der Waals surface area contributed by atoms with E-state index in [1.165, 1.54) is 32.7 Å². The van der Waals surface area contributed by atoms with Gasteiger partial charge in [0.15, 0.2) is 0 Å². The van der Waals surface area contributed by atoms with Crippen LogP contribution in [0.2, 0.25) is 0 Å². The molecule has 1 N–H and O–H groups in total. The van der Waals surface area contributed by atoms with Crippen LogP contribution in [0.3, 0.4) is 0 Å². The third-order valence-electron chi connectivity index (χ3n) is 6.37. The Morgan fingerprint density at radius 3 is 2.45 bits per heavy atom. The van der Waals surface area contributed by atoms with Gasteiger partial charge in [0.25, 0.3) is 0 Å². The van der Waals surface area contributed by atoms with Gasteiger partial charge >= 0.3 is 5.97 Å². The molecule has 31 heavy (non-hydrogen) atoms. The Balaban J connectivity index is 1.74. The fourth-order valence-electron chi connectivity index (χ4n) is 4.52. The number of ether oxygens (including phenoxy) is 2. The predicted molar refractivity (Wildman–Crippen MR) is 135 cm³/mol. The number of esters is 1. The first kappa shape index (κ1) is 24.3. The summed E-state index contributed by atoms with van der Waals surface area (Å²) in [6.07, 6.45) is 5.33. The van der Waals surface area contributed by atoms with Crippen molar-refractivity contribution in [2.75, 3.05) is 13.2 Å². The van der Waals surface area contributed by atoms with Crippen molar-refractivity contribution in [1.82, 2.24) is 5.32 Å². The van der Waals surface area contributed by atoms with E-state index < -0.39 is 0 Å². The predicted octanol–water partition coefficient (Wildman–Crippen LogP) is 6.47. The van der Waals surface area contributed by atoms with E-state index in [4.69, 9.17) is 9.47 Å². The molecule has 1 fully saturated rings. The molecule has 170 valence electrons. The topological polar surface area (TPSA) is 47.6 Å².